The van der Waals surface area contributed by atoms with Crippen LogP contribution in [0.5, 0.6) is 0 Å². The summed E-state index contributed by atoms with van der Waals surface area (Å²) in [5, 5.41) is 13.2. The highest BCUT2D eigenvalue weighted by molar-refractivity contribution is 7.89. The molecule has 2 heterocycles. The van der Waals surface area contributed by atoms with Crippen molar-refractivity contribution in [2.75, 3.05) is 6.54 Å². The van der Waals surface area contributed by atoms with Crippen LogP contribution in [0.25, 0.3) is 0 Å². The molecule has 23 heavy (non-hydrogen) atoms. The van der Waals surface area contributed by atoms with E-state index in [4.69, 9.17) is 5.11 Å². The topological polar surface area (TPSA) is 92.5 Å². The highest BCUT2D eigenvalue weighted by atomic mass is 32.2. The van der Waals surface area contributed by atoms with E-state index in [1.54, 1.807) is 0 Å². The number of aromatic nitrogens is 2. The zero-order valence-electron chi connectivity index (χ0n) is 12.4. The first-order valence-electron chi connectivity index (χ1n) is 7.29. The number of hydrogen-bond donors (Lipinski definition) is 1. The van der Waals surface area contributed by atoms with E-state index in [1.807, 2.05) is 30.3 Å². The molecule has 1 aromatic heterocycles. The quantitative estimate of drug-likeness (QED) is 0.885. The maximum atomic E-state index is 12.6. The number of carbonyl (C=O) groups is 1. The van der Waals surface area contributed by atoms with Crippen molar-refractivity contribution in [2.24, 2.45) is 0 Å². The number of aliphatic carboxylic acids is 1. The highest BCUT2D eigenvalue weighted by Gasteiger charge is 2.39. The summed E-state index contributed by atoms with van der Waals surface area (Å²) in [6.07, 6.45) is 3.61. The van der Waals surface area contributed by atoms with Gasteiger partial charge in [0.05, 0.1) is 12.7 Å². The third-order valence-corrected chi connectivity index (χ3v) is 5.75. The van der Waals surface area contributed by atoms with E-state index in [0.717, 1.165) is 9.87 Å². The number of benzene rings is 1. The van der Waals surface area contributed by atoms with E-state index >= 15 is 0 Å². The van der Waals surface area contributed by atoms with E-state index in [-0.39, 0.29) is 11.4 Å². The molecular formula is C15H17N3O4S. The van der Waals surface area contributed by atoms with Crippen molar-refractivity contribution >= 4 is 16.0 Å². The fourth-order valence-corrected chi connectivity index (χ4v) is 4.35. The molecule has 0 saturated carbocycles. The van der Waals surface area contributed by atoms with Crippen molar-refractivity contribution in [1.82, 2.24) is 14.1 Å². The van der Waals surface area contributed by atoms with Crippen LogP contribution < -0.4 is 0 Å². The second kappa shape index (κ2) is 6.13. The van der Waals surface area contributed by atoms with Gasteiger partial charge in [-0.3, -0.25) is 9.48 Å². The summed E-state index contributed by atoms with van der Waals surface area (Å²) in [5.74, 6) is -1.11. The first-order chi connectivity index (χ1) is 11.0. The van der Waals surface area contributed by atoms with Gasteiger partial charge < -0.3 is 5.11 Å². The van der Waals surface area contributed by atoms with Crippen molar-refractivity contribution in [3.05, 3.63) is 48.3 Å². The molecule has 1 fully saturated rings. The Morgan fingerprint density at radius 1 is 1.30 bits per heavy atom. The number of rotatable bonds is 5. The predicted molar refractivity (Wildman–Crippen MR) is 82.3 cm³/mol. The first-order valence-corrected chi connectivity index (χ1v) is 8.73. The molecular weight excluding hydrogens is 318 g/mol. The van der Waals surface area contributed by atoms with E-state index in [0.29, 0.717) is 19.4 Å². The molecule has 1 N–H and O–H groups in total. The molecule has 122 valence electrons. The largest absolute Gasteiger partial charge is 0.480 e. The molecule has 0 bridgehead atoms. The van der Waals surface area contributed by atoms with Crippen LogP contribution in [0.1, 0.15) is 18.4 Å². The smallest absolute Gasteiger partial charge is 0.322 e. The molecule has 0 radical (unpaired) electrons. The summed E-state index contributed by atoms with van der Waals surface area (Å²) in [6, 6.07) is 8.57. The Hall–Kier alpha value is -2.19. The number of hydrogen-bond acceptors (Lipinski definition) is 4. The molecule has 1 atom stereocenters. The summed E-state index contributed by atoms with van der Waals surface area (Å²) in [7, 11) is -3.84. The first kappa shape index (κ1) is 15.7. The summed E-state index contributed by atoms with van der Waals surface area (Å²) >= 11 is 0. The summed E-state index contributed by atoms with van der Waals surface area (Å²) in [4.78, 5) is 11.2. The third kappa shape index (κ3) is 3.13. The number of carboxylic acids is 1. The normalized spacial score (nSPS) is 19.0. The average Bonchev–Trinajstić information content (AvgIpc) is 3.17. The molecule has 1 aromatic carbocycles. The van der Waals surface area contributed by atoms with Gasteiger partial charge in [0.25, 0.3) is 0 Å². The number of nitrogens with zero attached hydrogens (tertiary/aromatic N) is 3. The van der Waals surface area contributed by atoms with Gasteiger partial charge in [-0.25, -0.2) is 8.42 Å². The Labute approximate surface area is 134 Å². The molecule has 1 saturated heterocycles. The lowest BCUT2D eigenvalue weighted by Crippen LogP contribution is -2.40. The summed E-state index contributed by atoms with van der Waals surface area (Å²) in [6.45, 7) is 0.682. The summed E-state index contributed by atoms with van der Waals surface area (Å²) < 4.78 is 27.8. The lowest BCUT2D eigenvalue weighted by atomic mass is 10.2. The Morgan fingerprint density at radius 2 is 2.04 bits per heavy atom. The van der Waals surface area contributed by atoms with Crippen molar-refractivity contribution < 1.29 is 18.3 Å². The molecule has 1 aliphatic rings. The van der Waals surface area contributed by atoms with Crippen LogP contribution in [0.2, 0.25) is 0 Å². The van der Waals surface area contributed by atoms with Crippen LogP contribution in [-0.4, -0.2) is 46.2 Å². The summed E-state index contributed by atoms with van der Waals surface area (Å²) in [5.41, 5.74) is 1.00. The Balaban J connectivity index is 1.83. The fraction of sp³-hybridized carbons (Fsp3) is 0.333. The van der Waals surface area contributed by atoms with Crippen LogP contribution >= 0.6 is 0 Å². The second-order valence-electron chi connectivity index (χ2n) is 5.47. The molecule has 8 heteroatoms. The Bertz CT molecular complexity index is 801. The molecule has 0 aliphatic carbocycles. The van der Waals surface area contributed by atoms with Crippen LogP contribution in [0, 0.1) is 0 Å². The SMILES string of the molecule is O=C(O)C1CCCN1S(=O)(=O)c1cnn(Cc2ccccc2)c1. The zero-order chi connectivity index (χ0) is 16.4. The maximum Gasteiger partial charge on any atom is 0.322 e. The average molecular weight is 335 g/mol. The second-order valence-corrected chi connectivity index (χ2v) is 7.36. The van der Waals surface area contributed by atoms with Gasteiger partial charge in [0.1, 0.15) is 10.9 Å². The van der Waals surface area contributed by atoms with Gasteiger partial charge >= 0.3 is 5.97 Å². The highest BCUT2D eigenvalue weighted by Crippen LogP contribution is 2.26. The van der Waals surface area contributed by atoms with Crippen LogP contribution in [0.4, 0.5) is 0 Å². The Kier molecular flexibility index (Phi) is 4.18. The van der Waals surface area contributed by atoms with Crippen molar-refractivity contribution in [2.45, 2.75) is 30.3 Å². The van der Waals surface area contributed by atoms with Crippen molar-refractivity contribution in [3.63, 3.8) is 0 Å². The minimum absolute atomic E-state index is 0.0292. The lowest BCUT2D eigenvalue weighted by Gasteiger charge is -2.19. The van der Waals surface area contributed by atoms with E-state index in [9.17, 15) is 13.2 Å². The van der Waals surface area contributed by atoms with E-state index in [1.165, 1.54) is 17.1 Å². The van der Waals surface area contributed by atoms with Gasteiger partial charge in [0.15, 0.2) is 0 Å². The lowest BCUT2D eigenvalue weighted by molar-refractivity contribution is -0.140. The van der Waals surface area contributed by atoms with Gasteiger partial charge in [0.2, 0.25) is 10.0 Å². The van der Waals surface area contributed by atoms with Gasteiger partial charge in [-0.2, -0.15) is 9.40 Å². The van der Waals surface area contributed by atoms with Gasteiger partial charge in [0, 0.05) is 12.7 Å². The molecule has 1 aliphatic heterocycles. The van der Waals surface area contributed by atoms with Crippen molar-refractivity contribution in [3.8, 4) is 0 Å². The van der Waals surface area contributed by atoms with Crippen LogP contribution in [0.15, 0.2) is 47.6 Å². The standard InChI is InChI=1S/C15H17N3O4S/c19-15(20)14-7-4-8-18(14)23(21,22)13-9-16-17(11-13)10-12-5-2-1-3-6-12/h1-3,5-6,9,11,14H,4,7-8,10H2,(H,19,20). The van der Waals surface area contributed by atoms with Gasteiger partial charge in [-0.05, 0) is 18.4 Å². The molecule has 7 nitrogen and oxygen atoms in total. The molecule has 1 unspecified atom stereocenters. The number of carboxylic acid groups (broad SMARTS) is 1. The van der Waals surface area contributed by atoms with E-state index < -0.39 is 22.0 Å². The molecule has 0 amide bonds. The maximum absolute atomic E-state index is 12.6. The molecule has 0 spiro atoms. The van der Waals surface area contributed by atoms with E-state index in [2.05, 4.69) is 5.10 Å². The molecule has 3 rings (SSSR count). The van der Waals surface area contributed by atoms with Crippen LogP contribution in [-0.2, 0) is 21.4 Å². The van der Waals surface area contributed by atoms with Gasteiger partial charge in [-0.15, -0.1) is 0 Å². The zero-order valence-corrected chi connectivity index (χ0v) is 13.2. The third-order valence-electron chi connectivity index (χ3n) is 3.89. The number of sulfonamides is 1. The van der Waals surface area contributed by atoms with Crippen molar-refractivity contribution in [1.29, 1.82) is 0 Å². The van der Waals surface area contributed by atoms with Gasteiger partial charge in [-0.1, -0.05) is 30.3 Å². The van der Waals surface area contributed by atoms with Crippen LogP contribution in [0.3, 0.4) is 0 Å². The molecule has 2 aromatic rings. The predicted octanol–water partition coefficient (Wildman–Crippen LogP) is 1.17. The Morgan fingerprint density at radius 3 is 2.74 bits per heavy atom. The fourth-order valence-electron chi connectivity index (χ4n) is 2.74. The monoisotopic (exact) mass is 335 g/mol. The minimum Gasteiger partial charge on any atom is -0.480 e. The minimum atomic E-state index is -3.84.